The lowest BCUT2D eigenvalue weighted by molar-refractivity contribution is -0.137. The summed E-state index contributed by atoms with van der Waals surface area (Å²) in [5, 5.41) is 8.55. The fourth-order valence-corrected chi connectivity index (χ4v) is 2.09. The molecule has 16 heavy (non-hydrogen) atoms. The van der Waals surface area contributed by atoms with E-state index in [1.165, 1.54) is 12.1 Å². The molecule has 1 atom stereocenters. The molecule has 0 aliphatic heterocycles. The molecule has 1 aliphatic rings. The maximum absolute atomic E-state index is 13.4. The van der Waals surface area contributed by atoms with Crippen molar-refractivity contribution in [3.63, 3.8) is 0 Å². The predicted octanol–water partition coefficient (Wildman–Crippen LogP) is 2.05. The third-order valence-corrected chi connectivity index (χ3v) is 2.91. The SMILES string of the molecule is O=C(O)CCC1Cc2c(F)cccc2C1=O. The van der Waals surface area contributed by atoms with Crippen LogP contribution in [0.5, 0.6) is 0 Å². The van der Waals surface area contributed by atoms with E-state index in [-0.39, 0.29) is 30.4 Å². The first-order valence-corrected chi connectivity index (χ1v) is 5.13. The molecule has 0 saturated carbocycles. The minimum Gasteiger partial charge on any atom is -0.481 e. The number of ketones is 1. The first kappa shape index (κ1) is 10.8. The van der Waals surface area contributed by atoms with E-state index in [9.17, 15) is 14.0 Å². The molecule has 0 radical (unpaired) electrons. The van der Waals surface area contributed by atoms with E-state index in [2.05, 4.69) is 0 Å². The Morgan fingerprint density at radius 1 is 1.50 bits per heavy atom. The van der Waals surface area contributed by atoms with Crippen molar-refractivity contribution in [2.75, 3.05) is 0 Å². The van der Waals surface area contributed by atoms with Gasteiger partial charge in [-0.05, 0) is 24.5 Å². The standard InChI is InChI=1S/C12H11FO3/c13-10-3-1-2-8-9(10)6-7(12(8)16)4-5-11(14)15/h1-3,7H,4-6H2,(H,14,15). The molecule has 1 aromatic rings. The van der Waals surface area contributed by atoms with E-state index < -0.39 is 5.97 Å². The summed E-state index contributed by atoms with van der Waals surface area (Å²) in [6.45, 7) is 0. The highest BCUT2D eigenvalue weighted by Crippen LogP contribution is 2.31. The lowest BCUT2D eigenvalue weighted by Gasteiger charge is -2.04. The zero-order chi connectivity index (χ0) is 11.7. The monoisotopic (exact) mass is 222 g/mol. The second-order valence-corrected chi connectivity index (χ2v) is 3.96. The molecule has 0 spiro atoms. The van der Waals surface area contributed by atoms with Gasteiger partial charge in [0, 0.05) is 17.9 Å². The van der Waals surface area contributed by atoms with Crippen LogP contribution in [0.15, 0.2) is 18.2 Å². The number of carboxylic acid groups (broad SMARTS) is 1. The van der Waals surface area contributed by atoms with Crippen molar-refractivity contribution < 1.29 is 19.1 Å². The number of halogens is 1. The number of carbonyl (C=O) groups excluding carboxylic acids is 1. The zero-order valence-electron chi connectivity index (χ0n) is 8.57. The van der Waals surface area contributed by atoms with Gasteiger partial charge in [-0.15, -0.1) is 0 Å². The number of hydrogen-bond acceptors (Lipinski definition) is 2. The maximum atomic E-state index is 13.4. The van der Waals surface area contributed by atoms with Crippen molar-refractivity contribution in [2.45, 2.75) is 19.3 Å². The molecule has 0 fully saturated rings. The molecule has 1 aliphatic carbocycles. The van der Waals surface area contributed by atoms with E-state index in [0.29, 0.717) is 17.5 Å². The van der Waals surface area contributed by atoms with Gasteiger partial charge in [0.15, 0.2) is 5.78 Å². The summed E-state index contributed by atoms with van der Waals surface area (Å²) in [7, 11) is 0. The van der Waals surface area contributed by atoms with Crippen LogP contribution in [0, 0.1) is 11.7 Å². The van der Waals surface area contributed by atoms with Gasteiger partial charge in [0.1, 0.15) is 5.82 Å². The first-order chi connectivity index (χ1) is 7.59. The van der Waals surface area contributed by atoms with Crippen LogP contribution >= 0.6 is 0 Å². The average molecular weight is 222 g/mol. The quantitative estimate of drug-likeness (QED) is 0.851. The summed E-state index contributed by atoms with van der Waals surface area (Å²) < 4.78 is 13.4. The van der Waals surface area contributed by atoms with E-state index >= 15 is 0 Å². The Morgan fingerprint density at radius 2 is 2.25 bits per heavy atom. The summed E-state index contributed by atoms with van der Waals surface area (Å²) in [4.78, 5) is 22.2. The van der Waals surface area contributed by atoms with Crippen LogP contribution in [-0.4, -0.2) is 16.9 Å². The van der Waals surface area contributed by atoms with E-state index in [1.807, 2.05) is 0 Å². The Bertz CT molecular complexity index is 454. The number of benzene rings is 1. The van der Waals surface area contributed by atoms with Gasteiger partial charge < -0.3 is 5.11 Å². The molecule has 0 saturated heterocycles. The lowest BCUT2D eigenvalue weighted by atomic mass is 9.99. The molecule has 4 heteroatoms. The van der Waals surface area contributed by atoms with Gasteiger partial charge in [-0.3, -0.25) is 9.59 Å². The van der Waals surface area contributed by atoms with Crippen molar-refractivity contribution in [3.05, 3.63) is 35.1 Å². The van der Waals surface area contributed by atoms with Crippen LogP contribution in [0.4, 0.5) is 4.39 Å². The Labute approximate surface area is 91.9 Å². The number of carbonyl (C=O) groups is 2. The van der Waals surface area contributed by atoms with Gasteiger partial charge in [-0.1, -0.05) is 12.1 Å². The number of carboxylic acids is 1. The van der Waals surface area contributed by atoms with Gasteiger partial charge >= 0.3 is 5.97 Å². The highest BCUT2D eigenvalue weighted by atomic mass is 19.1. The highest BCUT2D eigenvalue weighted by Gasteiger charge is 2.32. The van der Waals surface area contributed by atoms with Gasteiger partial charge in [0.25, 0.3) is 0 Å². The highest BCUT2D eigenvalue weighted by molar-refractivity contribution is 6.02. The van der Waals surface area contributed by atoms with Gasteiger partial charge in [0.05, 0.1) is 0 Å². The second-order valence-electron chi connectivity index (χ2n) is 3.96. The summed E-state index contributed by atoms with van der Waals surface area (Å²) in [5.74, 6) is -1.80. The third kappa shape index (κ3) is 1.83. The second kappa shape index (κ2) is 4.04. The fourth-order valence-electron chi connectivity index (χ4n) is 2.09. The van der Waals surface area contributed by atoms with Crippen LogP contribution in [0.2, 0.25) is 0 Å². The third-order valence-electron chi connectivity index (χ3n) is 2.91. The summed E-state index contributed by atoms with van der Waals surface area (Å²) in [5.41, 5.74) is 0.846. The van der Waals surface area contributed by atoms with Crippen molar-refractivity contribution in [2.24, 2.45) is 5.92 Å². The minimum atomic E-state index is -0.927. The molecule has 84 valence electrons. The van der Waals surface area contributed by atoms with E-state index in [1.54, 1.807) is 6.07 Å². The Morgan fingerprint density at radius 3 is 2.88 bits per heavy atom. The van der Waals surface area contributed by atoms with Crippen LogP contribution in [0.3, 0.4) is 0 Å². The normalized spacial score (nSPS) is 18.6. The van der Waals surface area contributed by atoms with Crippen LogP contribution in [-0.2, 0) is 11.2 Å². The van der Waals surface area contributed by atoms with Crippen molar-refractivity contribution in [1.82, 2.24) is 0 Å². The topological polar surface area (TPSA) is 54.4 Å². The number of rotatable bonds is 3. The molecule has 3 nitrogen and oxygen atoms in total. The molecule has 1 aromatic carbocycles. The summed E-state index contributed by atoms with van der Waals surface area (Å²) >= 11 is 0. The number of hydrogen-bond donors (Lipinski definition) is 1. The molecule has 1 N–H and O–H groups in total. The van der Waals surface area contributed by atoms with Crippen LogP contribution < -0.4 is 0 Å². The molecule has 0 aromatic heterocycles. The largest absolute Gasteiger partial charge is 0.481 e. The lowest BCUT2D eigenvalue weighted by Crippen LogP contribution is -2.11. The Hall–Kier alpha value is -1.71. The molecular weight excluding hydrogens is 211 g/mol. The molecule has 0 amide bonds. The summed E-state index contributed by atoms with van der Waals surface area (Å²) in [6.07, 6.45) is 0.558. The minimum absolute atomic E-state index is 0.0496. The number of fused-ring (bicyclic) bond motifs is 1. The Balaban J connectivity index is 2.18. The van der Waals surface area contributed by atoms with Gasteiger partial charge in [0.2, 0.25) is 0 Å². The van der Waals surface area contributed by atoms with E-state index in [4.69, 9.17) is 5.11 Å². The molecule has 0 bridgehead atoms. The zero-order valence-corrected chi connectivity index (χ0v) is 8.57. The first-order valence-electron chi connectivity index (χ1n) is 5.13. The molecule has 1 unspecified atom stereocenters. The average Bonchev–Trinajstić information content (AvgIpc) is 2.55. The number of Topliss-reactive ketones (excluding diaryl/α,β-unsaturated/α-hetero) is 1. The van der Waals surface area contributed by atoms with E-state index in [0.717, 1.165) is 0 Å². The number of aliphatic carboxylic acids is 1. The van der Waals surface area contributed by atoms with Crippen molar-refractivity contribution in [1.29, 1.82) is 0 Å². The molecule has 2 rings (SSSR count). The van der Waals surface area contributed by atoms with Gasteiger partial charge in [-0.25, -0.2) is 4.39 Å². The predicted molar refractivity (Wildman–Crippen MR) is 54.8 cm³/mol. The maximum Gasteiger partial charge on any atom is 0.303 e. The fraction of sp³-hybridized carbons (Fsp3) is 0.333. The molecule has 0 heterocycles. The molecular formula is C12H11FO3. The van der Waals surface area contributed by atoms with Crippen LogP contribution in [0.25, 0.3) is 0 Å². The Kier molecular flexibility index (Phi) is 2.73. The van der Waals surface area contributed by atoms with Crippen molar-refractivity contribution >= 4 is 11.8 Å². The van der Waals surface area contributed by atoms with Crippen molar-refractivity contribution in [3.8, 4) is 0 Å². The summed E-state index contributed by atoms with van der Waals surface area (Å²) in [6, 6.07) is 4.43. The smallest absolute Gasteiger partial charge is 0.303 e. The van der Waals surface area contributed by atoms with Gasteiger partial charge in [-0.2, -0.15) is 0 Å². The van der Waals surface area contributed by atoms with Crippen LogP contribution in [0.1, 0.15) is 28.8 Å².